The number of hydrogen-bond acceptors (Lipinski definition) is 5. The van der Waals surface area contributed by atoms with Crippen LogP contribution in [-0.2, 0) is 0 Å². The zero-order valence-corrected chi connectivity index (χ0v) is 10.7. The molecule has 0 aliphatic rings. The number of aryl methyl sites for hydroxylation is 1. The lowest BCUT2D eigenvalue weighted by atomic mass is 10.2. The lowest BCUT2D eigenvalue weighted by Crippen LogP contribution is -2.14. The van der Waals surface area contributed by atoms with E-state index in [1.54, 1.807) is 19.1 Å². The smallest absolute Gasteiger partial charge is 0.281 e. The van der Waals surface area contributed by atoms with E-state index >= 15 is 0 Å². The molecule has 6 nitrogen and oxygen atoms in total. The molecule has 1 aromatic carbocycles. The van der Waals surface area contributed by atoms with E-state index in [-0.39, 0.29) is 11.5 Å². The van der Waals surface area contributed by atoms with E-state index in [9.17, 15) is 4.79 Å². The third kappa shape index (κ3) is 2.39. The summed E-state index contributed by atoms with van der Waals surface area (Å²) < 4.78 is 4.33. The molecule has 2 aromatic rings. The highest BCUT2D eigenvalue weighted by Crippen LogP contribution is 2.29. The second-order valence-corrected chi connectivity index (χ2v) is 4.35. The first-order valence-electron chi connectivity index (χ1n) is 4.84. The number of rotatable bonds is 2. The fraction of sp³-hybridized carbons (Fsp3) is 0.100. The molecule has 2 rings (SSSR count). The average Bonchev–Trinajstić information content (AvgIpc) is 2.72. The van der Waals surface area contributed by atoms with Gasteiger partial charge < -0.3 is 11.1 Å². The van der Waals surface area contributed by atoms with Gasteiger partial charge in [-0.1, -0.05) is 23.2 Å². The van der Waals surface area contributed by atoms with Crippen molar-refractivity contribution >= 4 is 40.6 Å². The maximum atomic E-state index is 11.8. The molecule has 0 fully saturated rings. The van der Waals surface area contributed by atoms with E-state index in [1.807, 2.05) is 0 Å². The van der Waals surface area contributed by atoms with E-state index in [2.05, 4.69) is 20.3 Å². The van der Waals surface area contributed by atoms with Crippen LogP contribution in [0.2, 0.25) is 10.0 Å². The number of carbonyl (C=O) groups is 1. The third-order valence-electron chi connectivity index (χ3n) is 2.23. The van der Waals surface area contributed by atoms with Gasteiger partial charge in [-0.3, -0.25) is 4.79 Å². The Balaban J connectivity index is 2.28. The monoisotopic (exact) mass is 286 g/mol. The fourth-order valence-electron chi connectivity index (χ4n) is 1.28. The van der Waals surface area contributed by atoms with Gasteiger partial charge in [0.25, 0.3) is 5.91 Å². The van der Waals surface area contributed by atoms with Gasteiger partial charge in [0.15, 0.2) is 0 Å². The molecule has 1 heterocycles. The highest BCUT2D eigenvalue weighted by atomic mass is 35.5. The molecule has 0 saturated carbocycles. The predicted octanol–water partition coefficient (Wildman–Crippen LogP) is 2.52. The molecule has 0 bridgehead atoms. The lowest BCUT2D eigenvalue weighted by Gasteiger charge is -2.07. The Kier molecular flexibility index (Phi) is 3.40. The quantitative estimate of drug-likeness (QED) is 0.885. The molecule has 0 atom stereocenters. The summed E-state index contributed by atoms with van der Waals surface area (Å²) in [6.07, 6.45) is 0. The van der Waals surface area contributed by atoms with E-state index in [0.29, 0.717) is 15.7 Å². The van der Waals surface area contributed by atoms with E-state index in [4.69, 9.17) is 28.9 Å². The molecule has 0 spiro atoms. The van der Waals surface area contributed by atoms with Crippen molar-refractivity contribution in [1.82, 2.24) is 10.3 Å². The van der Waals surface area contributed by atoms with Crippen LogP contribution < -0.4 is 11.1 Å². The van der Waals surface area contributed by atoms with Gasteiger partial charge in [-0.25, -0.2) is 4.63 Å². The summed E-state index contributed by atoms with van der Waals surface area (Å²) in [6, 6.07) is 3.19. The number of aromatic nitrogens is 2. The molecular formula is C10H8Cl2N4O2. The Morgan fingerprint density at radius 1 is 1.33 bits per heavy atom. The predicted molar refractivity (Wildman–Crippen MR) is 67.9 cm³/mol. The van der Waals surface area contributed by atoms with Gasteiger partial charge in [0, 0.05) is 5.02 Å². The highest BCUT2D eigenvalue weighted by Gasteiger charge is 2.17. The lowest BCUT2D eigenvalue weighted by molar-refractivity contribution is 0.101. The summed E-state index contributed by atoms with van der Waals surface area (Å²) in [7, 11) is 0. The van der Waals surface area contributed by atoms with Crippen LogP contribution in [0.15, 0.2) is 16.8 Å². The van der Waals surface area contributed by atoms with Gasteiger partial charge in [-0.05, 0) is 34.9 Å². The van der Waals surface area contributed by atoms with Gasteiger partial charge in [-0.15, -0.1) is 0 Å². The van der Waals surface area contributed by atoms with E-state index < -0.39 is 5.91 Å². The van der Waals surface area contributed by atoms with Gasteiger partial charge in [0.1, 0.15) is 0 Å². The normalized spacial score (nSPS) is 10.4. The summed E-state index contributed by atoms with van der Waals surface area (Å²) in [5.41, 5.74) is 6.46. The summed E-state index contributed by atoms with van der Waals surface area (Å²) >= 11 is 11.9. The molecule has 0 radical (unpaired) electrons. The molecule has 18 heavy (non-hydrogen) atoms. The minimum atomic E-state index is -0.574. The number of benzene rings is 1. The number of halogens is 2. The van der Waals surface area contributed by atoms with Crippen LogP contribution >= 0.6 is 23.2 Å². The first kappa shape index (κ1) is 12.7. The molecule has 3 N–H and O–H groups in total. The fourth-order valence-corrected chi connectivity index (χ4v) is 1.71. The van der Waals surface area contributed by atoms with Gasteiger partial charge >= 0.3 is 0 Å². The number of nitrogens with zero attached hydrogens (tertiary/aromatic N) is 2. The van der Waals surface area contributed by atoms with Gasteiger partial charge in [0.2, 0.25) is 11.5 Å². The Bertz CT molecular complexity index is 612. The number of nitrogens with two attached hydrogens (primary N) is 1. The SMILES string of the molecule is Cc1cc(Cl)c(NC(=O)c2nonc2N)cc1Cl. The zero-order valence-electron chi connectivity index (χ0n) is 9.20. The van der Waals surface area contributed by atoms with Gasteiger partial charge in [0.05, 0.1) is 10.7 Å². The maximum absolute atomic E-state index is 11.8. The first-order valence-corrected chi connectivity index (χ1v) is 5.59. The maximum Gasteiger partial charge on any atom is 0.281 e. The molecule has 8 heteroatoms. The van der Waals surface area contributed by atoms with Crippen molar-refractivity contribution < 1.29 is 9.42 Å². The van der Waals surface area contributed by atoms with Crippen molar-refractivity contribution in [3.8, 4) is 0 Å². The molecule has 0 aliphatic carbocycles. The van der Waals surface area contributed by atoms with Crippen LogP contribution in [0, 0.1) is 6.92 Å². The molecule has 0 unspecified atom stereocenters. The molecule has 0 aliphatic heterocycles. The summed E-state index contributed by atoms with van der Waals surface area (Å²) in [6.45, 7) is 1.80. The molecule has 0 saturated heterocycles. The Hall–Kier alpha value is -1.79. The van der Waals surface area contributed by atoms with Crippen molar-refractivity contribution in [3.63, 3.8) is 0 Å². The minimum absolute atomic E-state index is 0.0955. The number of nitrogens with one attached hydrogen (secondary N) is 1. The van der Waals surface area contributed by atoms with Crippen molar-refractivity contribution in [1.29, 1.82) is 0 Å². The van der Waals surface area contributed by atoms with Crippen LogP contribution in [0.25, 0.3) is 0 Å². The largest absolute Gasteiger partial charge is 0.379 e. The molecule has 94 valence electrons. The zero-order chi connectivity index (χ0) is 13.3. The Morgan fingerprint density at radius 3 is 2.67 bits per heavy atom. The third-order valence-corrected chi connectivity index (χ3v) is 2.95. The summed E-state index contributed by atoms with van der Waals surface area (Å²) in [4.78, 5) is 11.8. The topological polar surface area (TPSA) is 94.0 Å². The van der Waals surface area contributed by atoms with E-state index in [1.165, 1.54) is 0 Å². The van der Waals surface area contributed by atoms with Crippen molar-refractivity contribution in [2.75, 3.05) is 11.1 Å². The minimum Gasteiger partial charge on any atom is -0.379 e. The molecular weight excluding hydrogens is 279 g/mol. The van der Waals surface area contributed by atoms with Crippen LogP contribution in [0.3, 0.4) is 0 Å². The van der Waals surface area contributed by atoms with Crippen LogP contribution in [0.4, 0.5) is 11.5 Å². The Labute approximate surface area is 112 Å². The standard InChI is InChI=1S/C10H8Cl2N4O2/c1-4-2-6(12)7(3-5(4)11)14-10(17)8-9(13)16-18-15-8/h2-3H,1H3,(H2,13,16)(H,14,17). The number of amides is 1. The van der Waals surface area contributed by atoms with Crippen molar-refractivity contribution in [3.05, 3.63) is 33.4 Å². The second-order valence-electron chi connectivity index (χ2n) is 3.53. The molecule has 1 amide bonds. The van der Waals surface area contributed by atoms with E-state index in [0.717, 1.165) is 5.56 Å². The number of carbonyl (C=O) groups excluding carboxylic acids is 1. The van der Waals surface area contributed by atoms with Crippen LogP contribution in [0.5, 0.6) is 0 Å². The van der Waals surface area contributed by atoms with Crippen molar-refractivity contribution in [2.24, 2.45) is 0 Å². The van der Waals surface area contributed by atoms with Crippen molar-refractivity contribution in [2.45, 2.75) is 6.92 Å². The number of hydrogen-bond donors (Lipinski definition) is 2. The average molecular weight is 287 g/mol. The van der Waals surface area contributed by atoms with Crippen LogP contribution in [0.1, 0.15) is 16.1 Å². The van der Waals surface area contributed by atoms with Gasteiger partial charge in [-0.2, -0.15) is 0 Å². The second kappa shape index (κ2) is 4.83. The Morgan fingerprint density at radius 2 is 2.06 bits per heavy atom. The summed E-state index contributed by atoms with van der Waals surface area (Å²) in [5.74, 6) is -0.669. The number of nitrogen functional groups attached to an aromatic ring is 1. The molecule has 1 aromatic heterocycles. The first-order chi connectivity index (χ1) is 8.49. The van der Waals surface area contributed by atoms with Crippen LogP contribution in [-0.4, -0.2) is 16.2 Å². The number of anilines is 2. The summed E-state index contributed by atoms with van der Waals surface area (Å²) in [5, 5.41) is 10.1. The highest BCUT2D eigenvalue weighted by molar-refractivity contribution is 6.36.